The van der Waals surface area contributed by atoms with E-state index in [1.54, 1.807) is 13.3 Å². The average molecular weight is 349 g/mol. The molecule has 7 heteroatoms. The summed E-state index contributed by atoms with van der Waals surface area (Å²) in [4.78, 5) is 4.17. The number of nitrogens with zero attached hydrogens (tertiary/aromatic N) is 1. The number of guanidine groups is 1. The molecule has 0 fully saturated rings. The Morgan fingerprint density at radius 1 is 1.12 bits per heavy atom. The van der Waals surface area contributed by atoms with Gasteiger partial charge in [-0.15, -0.1) is 0 Å². The van der Waals surface area contributed by atoms with Crippen LogP contribution in [-0.2, 0) is 28.6 Å². The zero-order valence-corrected chi connectivity index (χ0v) is 14.8. The lowest BCUT2D eigenvalue weighted by Gasteiger charge is -2.11. The van der Waals surface area contributed by atoms with Crippen LogP contribution in [0, 0.1) is 0 Å². The Morgan fingerprint density at radius 2 is 1.83 bits per heavy atom. The van der Waals surface area contributed by atoms with Crippen LogP contribution in [0.15, 0.2) is 52.1 Å². The van der Waals surface area contributed by atoms with Crippen molar-refractivity contribution in [1.82, 2.24) is 10.6 Å². The lowest BCUT2D eigenvalue weighted by atomic mass is 10.1. The van der Waals surface area contributed by atoms with Gasteiger partial charge >= 0.3 is 0 Å². The SMILES string of the molecule is CN=C(NCCc1ccco1)NCc1ccc(CS(C)(=O)=O)cc1. The van der Waals surface area contributed by atoms with Crippen LogP contribution in [-0.4, -0.2) is 34.2 Å². The van der Waals surface area contributed by atoms with Gasteiger partial charge in [0.15, 0.2) is 15.8 Å². The molecule has 0 radical (unpaired) electrons. The van der Waals surface area contributed by atoms with Gasteiger partial charge in [-0.1, -0.05) is 24.3 Å². The molecule has 0 aliphatic heterocycles. The highest BCUT2D eigenvalue weighted by Crippen LogP contribution is 2.07. The summed E-state index contributed by atoms with van der Waals surface area (Å²) in [5, 5.41) is 6.44. The molecule has 1 heterocycles. The van der Waals surface area contributed by atoms with Gasteiger partial charge in [0.1, 0.15) is 5.76 Å². The molecule has 24 heavy (non-hydrogen) atoms. The average Bonchev–Trinajstić information content (AvgIpc) is 3.04. The van der Waals surface area contributed by atoms with Gasteiger partial charge in [0, 0.05) is 32.8 Å². The molecule has 6 nitrogen and oxygen atoms in total. The fraction of sp³-hybridized carbons (Fsp3) is 0.353. The third-order valence-electron chi connectivity index (χ3n) is 3.38. The molecule has 0 amide bonds. The molecule has 0 aliphatic rings. The predicted octanol–water partition coefficient (Wildman–Crippen LogP) is 1.73. The topological polar surface area (TPSA) is 83.7 Å². The second-order valence-electron chi connectivity index (χ2n) is 5.57. The maximum atomic E-state index is 11.3. The number of rotatable bonds is 7. The molecule has 2 aromatic rings. The van der Waals surface area contributed by atoms with E-state index in [4.69, 9.17) is 4.42 Å². The molecular formula is C17H23N3O3S. The van der Waals surface area contributed by atoms with Crippen molar-refractivity contribution in [2.75, 3.05) is 19.8 Å². The van der Waals surface area contributed by atoms with Crippen LogP contribution in [0.5, 0.6) is 0 Å². The highest BCUT2D eigenvalue weighted by molar-refractivity contribution is 7.89. The third kappa shape index (κ3) is 6.45. The molecule has 1 aromatic carbocycles. The molecule has 0 bridgehead atoms. The minimum Gasteiger partial charge on any atom is -0.469 e. The summed E-state index contributed by atoms with van der Waals surface area (Å²) in [6, 6.07) is 11.3. The van der Waals surface area contributed by atoms with Crippen LogP contribution in [0.4, 0.5) is 0 Å². The first kappa shape index (κ1) is 18.1. The van der Waals surface area contributed by atoms with Gasteiger partial charge in [-0.25, -0.2) is 8.42 Å². The molecule has 0 saturated heterocycles. The largest absolute Gasteiger partial charge is 0.469 e. The summed E-state index contributed by atoms with van der Waals surface area (Å²) in [7, 11) is -1.28. The third-order valence-corrected chi connectivity index (χ3v) is 4.24. The zero-order valence-electron chi connectivity index (χ0n) is 14.0. The van der Waals surface area contributed by atoms with E-state index in [0.717, 1.165) is 29.9 Å². The molecule has 2 N–H and O–H groups in total. The van der Waals surface area contributed by atoms with E-state index in [1.807, 2.05) is 36.4 Å². The minimum absolute atomic E-state index is 0.0662. The number of hydrogen-bond donors (Lipinski definition) is 2. The van der Waals surface area contributed by atoms with Crippen molar-refractivity contribution in [1.29, 1.82) is 0 Å². The summed E-state index contributed by atoms with van der Waals surface area (Å²) in [5.41, 5.74) is 1.85. The number of furan rings is 1. The molecule has 130 valence electrons. The monoisotopic (exact) mass is 349 g/mol. The Balaban J connectivity index is 1.78. The van der Waals surface area contributed by atoms with E-state index >= 15 is 0 Å². The van der Waals surface area contributed by atoms with Gasteiger partial charge in [-0.3, -0.25) is 4.99 Å². The molecule has 2 rings (SSSR count). The van der Waals surface area contributed by atoms with Crippen LogP contribution >= 0.6 is 0 Å². The maximum absolute atomic E-state index is 11.3. The summed E-state index contributed by atoms with van der Waals surface area (Å²) >= 11 is 0. The number of aliphatic imine (C=N–C) groups is 1. The van der Waals surface area contributed by atoms with Gasteiger partial charge in [-0.05, 0) is 23.3 Å². The molecule has 0 spiro atoms. The van der Waals surface area contributed by atoms with Crippen LogP contribution in [0.25, 0.3) is 0 Å². The first-order chi connectivity index (χ1) is 11.5. The summed E-state index contributed by atoms with van der Waals surface area (Å²) < 4.78 is 27.8. The van der Waals surface area contributed by atoms with Crippen LogP contribution < -0.4 is 10.6 Å². The number of nitrogens with one attached hydrogen (secondary N) is 2. The van der Waals surface area contributed by atoms with E-state index < -0.39 is 9.84 Å². The lowest BCUT2D eigenvalue weighted by molar-refractivity contribution is 0.507. The van der Waals surface area contributed by atoms with Crippen molar-refractivity contribution < 1.29 is 12.8 Å². The molecule has 0 saturated carbocycles. The Bertz CT molecular complexity index is 751. The van der Waals surface area contributed by atoms with Crippen molar-refractivity contribution in [2.24, 2.45) is 4.99 Å². The Hall–Kier alpha value is -2.28. The normalized spacial score (nSPS) is 12.2. The second kappa shape index (κ2) is 8.54. The van der Waals surface area contributed by atoms with Gasteiger partial charge in [-0.2, -0.15) is 0 Å². The smallest absolute Gasteiger partial charge is 0.191 e. The van der Waals surface area contributed by atoms with Crippen molar-refractivity contribution in [3.63, 3.8) is 0 Å². The summed E-state index contributed by atoms with van der Waals surface area (Å²) in [6.07, 6.45) is 3.69. The van der Waals surface area contributed by atoms with Crippen molar-refractivity contribution in [3.05, 3.63) is 59.5 Å². The fourth-order valence-corrected chi connectivity index (χ4v) is 3.02. The highest BCUT2D eigenvalue weighted by Gasteiger charge is 2.05. The van der Waals surface area contributed by atoms with Crippen molar-refractivity contribution in [2.45, 2.75) is 18.7 Å². The van der Waals surface area contributed by atoms with E-state index in [2.05, 4.69) is 15.6 Å². The maximum Gasteiger partial charge on any atom is 0.191 e. The van der Waals surface area contributed by atoms with Crippen LogP contribution in [0.3, 0.4) is 0 Å². The van der Waals surface area contributed by atoms with Crippen molar-refractivity contribution in [3.8, 4) is 0 Å². The molecule has 0 aliphatic carbocycles. The van der Waals surface area contributed by atoms with Crippen molar-refractivity contribution >= 4 is 15.8 Å². The highest BCUT2D eigenvalue weighted by atomic mass is 32.2. The Labute approximate surface area is 142 Å². The van der Waals surface area contributed by atoms with E-state index in [-0.39, 0.29) is 5.75 Å². The van der Waals surface area contributed by atoms with Crippen LogP contribution in [0.1, 0.15) is 16.9 Å². The predicted molar refractivity (Wildman–Crippen MR) is 95.6 cm³/mol. The minimum atomic E-state index is -3.00. The summed E-state index contributed by atoms with van der Waals surface area (Å²) in [5.74, 6) is 1.71. The van der Waals surface area contributed by atoms with E-state index in [9.17, 15) is 8.42 Å². The lowest BCUT2D eigenvalue weighted by Crippen LogP contribution is -2.37. The quantitative estimate of drug-likeness (QED) is 0.587. The molecule has 0 atom stereocenters. The number of hydrogen-bond acceptors (Lipinski definition) is 4. The molecule has 0 unspecified atom stereocenters. The molecule has 1 aromatic heterocycles. The first-order valence-electron chi connectivity index (χ1n) is 7.69. The van der Waals surface area contributed by atoms with Crippen LogP contribution in [0.2, 0.25) is 0 Å². The number of benzene rings is 1. The second-order valence-corrected chi connectivity index (χ2v) is 7.71. The standard InChI is InChI=1S/C17H23N3O3S/c1-18-17(19-10-9-16-4-3-11-23-16)20-12-14-5-7-15(8-6-14)13-24(2,21)22/h3-8,11H,9-10,12-13H2,1-2H3,(H2,18,19,20). The van der Waals surface area contributed by atoms with E-state index in [1.165, 1.54) is 6.26 Å². The Morgan fingerprint density at radius 3 is 2.42 bits per heavy atom. The fourth-order valence-electron chi connectivity index (χ4n) is 2.22. The van der Waals surface area contributed by atoms with Gasteiger partial charge < -0.3 is 15.1 Å². The molecular weight excluding hydrogens is 326 g/mol. The summed E-state index contributed by atoms with van der Waals surface area (Å²) in [6.45, 7) is 1.33. The van der Waals surface area contributed by atoms with Gasteiger partial charge in [0.05, 0.1) is 12.0 Å². The van der Waals surface area contributed by atoms with Gasteiger partial charge in [0.25, 0.3) is 0 Å². The van der Waals surface area contributed by atoms with E-state index in [0.29, 0.717) is 12.5 Å². The van der Waals surface area contributed by atoms with Gasteiger partial charge in [0.2, 0.25) is 0 Å². The number of sulfone groups is 1. The zero-order chi connectivity index (χ0) is 17.4. The Kier molecular flexibility index (Phi) is 6.43. The first-order valence-corrected chi connectivity index (χ1v) is 9.75.